The van der Waals surface area contributed by atoms with Crippen LogP contribution in [0.2, 0.25) is 0 Å². The summed E-state index contributed by atoms with van der Waals surface area (Å²) in [6.45, 7) is 5.81. The number of nitrogens with one attached hydrogen (secondary N) is 1. The van der Waals surface area contributed by atoms with Crippen molar-refractivity contribution in [1.82, 2.24) is 5.32 Å². The summed E-state index contributed by atoms with van der Waals surface area (Å²) >= 11 is 0. The van der Waals surface area contributed by atoms with Gasteiger partial charge in [0, 0.05) is 12.8 Å². The minimum atomic E-state index is -5.22. The zero-order valence-corrected chi connectivity index (χ0v) is 40.3. The van der Waals surface area contributed by atoms with E-state index in [1.54, 1.807) is 0 Å². The van der Waals surface area contributed by atoms with Gasteiger partial charge < -0.3 is 39.5 Å². The minimum absolute atomic E-state index is 0.00739. The number of hydrogen-bond acceptors (Lipinski definition) is 10. The molecule has 1 unspecified atom stereocenters. The van der Waals surface area contributed by atoms with Crippen molar-refractivity contribution in [3.05, 3.63) is 0 Å². The van der Waals surface area contributed by atoms with Gasteiger partial charge in [-0.05, 0) is 25.7 Å². The van der Waals surface area contributed by atoms with Crippen LogP contribution >= 0.6 is 7.82 Å². The van der Waals surface area contributed by atoms with E-state index < -0.39 is 63.1 Å². The lowest BCUT2D eigenvalue weighted by Crippen LogP contribution is -2.65. The molecule has 0 radical (unpaired) electrons. The molecule has 1 aliphatic heterocycles. The predicted octanol–water partition coefficient (Wildman–Crippen LogP) is 11.2. The Bertz CT molecular complexity index is 1160. The quantitative estimate of drug-likeness (QED) is 0.0221. The van der Waals surface area contributed by atoms with Crippen LogP contribution in [0.5, 0.6) is 0 Å². The molecule has 0 spiro atoms. The molecule has 0 bridgehead atoms. The zero-order valence-electron chi connectivity index (χ0n) is 39.4. The van der Waals surface area contributed by atoms with E-state index in [0.717, 1.165) is 70.6 Å². The summed E-state index contributed by atoms with van der Waals surface area (Å²) in [7, 11) is -5.22. The molecule has 6 atom stereocenters. The summed E-state index contributed by atoms with van der Waals surface area (Å²) < 4.78 is 34.1. The molecule has 1 amide bonds. The largest absolute Gasteiger partial charge is 0.470 e. The average molecular weight is 906 g/mol. The summed E-state index contributed by atoms with van der Waals surface area (Å²) in [5, 5.41) is 23.7. The highest BCUT2D eigenvalue weighted by molar-refractivity contribution is 7.46. The fraction of sp³-hybridized carbons (Fsp3) is 0.938. The van der Waals surface area contributed by atoms with E-state index in [1.807, 2.05) is 0 Å². The van der Waals surface area contributed by atoms with Crippen LogP contribution in [0.15, 0.2) is 0 Å². The molecule has 5 N–H and O–H groups in total. The monoisotopic (exact) mass is 906 g/mol. The summed E-state index contributed by atoms with van der Waals surface area (Å²) in [5.74, 6) is -1.70. The number of unbranched alkanes of at least 4 members (excludes halogenated alkanes) is 28. The van der Waals surface area contributed by atoms with E-state index in [0.29, 0.717) is 19.3 Å². The molecule has 0 saturated carbocycles. The maximum Gasteiger partial charge on any atom is 0.470 e. The minimum Gasteiger partial charge on any atom is -0.462 e. The Morgan fingerprint density at radius 1 is 0.581 bits per heavy atom. The van der Waals surface area contributed by atoms with Gasteiger partial charge >= 0.3 is 19.8 Å². The normalized spacial score (nSPS) is 19.6. The number of amides is 1. The molecular weight excluding hydrogens is 813 g/mol. The van der Waals surface area contributed by atoms with Crippen molar-refractivity contribution in [3.8, 4) is 0 Å². The molecule has 0 aromatic heterocycles. The fourth-order valence-corrected chi connectivity index (χ4v) is 8.88. The molecule has 1 saturated heterocycles. The smallest absolute Gasteiger partial charge is 0.462 e. The maximum absolute atomic E-state index is 13.7. The molecule has 1 heterocycles. The molecule has 62 heavy (non-hydrogen) atoms. The predicted molar refractivity (Wildman–Crippen MR) is 245 cm³/mol. The van der Waals surface area contributed by atoms with Crippen molar-refractivity contribution in [2.24, 2.45) is 0 Å². The first kappa shape index (κ1) is 58.4. The standard InChI is InChI=1S/C48H92NO12P/c1-4-7-10-13-16-19-21-24-27-30-33-36-43(52)58-40(35-32-29-26-23-18-15-12-9-6-3)38-42(51)49-45-47(46(61-62(55,56)57)41(39-50)59-48(45)54)60-44(53)37-34-31-28-25-22-20-17-14-11-8-5-2/h40-41,45-48,50,54H,4-39H2,1-3H3,(H,49,51)(H2,55,56,57)/t40?,41-,45-,46-,47-,48-/m1/s1. The molecule has 366 valence electrons. The number of aliphatic hydroxyl groups excluding tert-OH is 2. The molecule has 1 fully saturated rings. The number of rotatable bonds is 42. The number of carbonyl (C=O) groups is 3. The molecular formula is C48H92NO12P. The molecule has 14 heteroatoms. The Kier molecular flexibility index (Phi) is 36.4. The Morgan fingerprint density at radius 2 is 0.968 bits per heavy atom. The first-order chi connectivity index (χ1) is 29.9. The molecule has 0 aromatic carbocycles. The van der Waals surface area contributed by atoms with E-state index in [1.165, 1.54) is 116 Å². The van der Waals surface area contributed by atoms with Crippen LogP contribution < -0.4 is 5.32 Å². The van der Waals surface area contributed by atoms with Crippen molar-refractivity contribution < 1.29 is 57.7 Å². The fourth-order valence-electron chi connectivity index (χ4n) is 8.31. The van der Waals surface area contributed by atoms with Gasteiger partial charge in [0.15, 0.2) is 12.4 Å². The highest BCUT2D eigenvalue weighted by Gasteiger charge is 2.51. The van der Waals surface area contributed by atoms with Gasteiger partial charge in [-0.2, -0.15) is 0 Å². The third-order valence-electron chi connectivity index (χ3n) is 12.0. The molecule has 0 aromatic rings. The lowest BCUT2D eigenvalue weighted by Gasteiger charge is -2.43. The van der Waals surface area contributed by atoms with Gasteiger partial charge in [-0.1, -0.05) is 201 Å². The second-order valence-corrected chi connectivity index (χ2v) is 19.1. The van der Waals surface area contributed by atoms with Crippen molar-refractivity contribution in [3.63, 3.8) is 0 Å². The van der Waals surface area contributed by atoms with Crippen molar-refractivity contribution in [2.75, 3.05) is 6.61 Å². The van der Waals surface area contributed by atoms with Crippen LogP contribution in [0.3, 0.4) is 0 Å². The van der Waals surface area contributed by atoms with Gasteiger partial charge in [0.05, 0.1) is 13.0 Å². The Balaban J connectivity index is 2.87. The van der Waals surface area contributed by atoms with Crippen LogP contribution in [0.1, 0.15) is 245 Å². The third-order valence-corrected chi connectivity index (χ3v) is 12.5. The van der Waals surface area contributed by atoms with Crippen molar-refractivity contribution in [1.29, 1.82) is 0 Å². The van der Waals surface area contributed by atoms with Gasteiger partial charge in [-0.15, -0.1) is 0 Å². The highest BCUT2D eigenvalue weighted by Crippen LogP contribution is 2.42. The number of phosphoric ester groups is 1. The van der Waals surface area contributed by atoms with Gasteiger partial charge in [-0.3, -0.25) is 18.9 Å². The molecule has 13 nitrogen and oxygen atoms in total. The number of phosphoric acid groups is 1. The molecule has 0 aliphatic carbocycles. The number of ether oxygens (including phenoxy) is 3. The maximum atomic E-state index is 13.7. The topological polar surface area (TPSA) is 198 Å². The summed E-state index contributed by atoms with van der Waals surface area (Å²) in [5.41, 5.74) is 0. The van der Waals surface area contributed by atoms with E-state index in [4.69, 9.17) is 18.7 Å². The second-order valence-electron chi connectivity index (χ2n) is 17.9. The van der Waals surface area contributed by atoms with Crippen LogP contribution in [-0.2, 0) is 37.7 Å². The van der Waals surface area contributed by atoms with Gasteiger partial charge in [-0.25, -0.2) is 4.57 Å². The van der Waals surface area contributed by atoms with Gasteiger partial charge in [0.25, 0.3) is 0 Å². The van der Waals surface area contributed by atoms with E-state index >= 15 is 0 Å². The lowest BCUT2D eigenvalue weighted by molar-refractivity contribution is -0.256. The first-order valence-corrected chi connectivity index (χ1v) is 26.8. The van der Waals surface area contributed by atoms with Crippen LogP contribution in [0.25, 0.3) is 0 Å². The zero-order chi connectivity index (χ0) is 45.7. The Morgan fingerprint density at radius 3 is 1.37 bits per heavy atom. The highest BCUT2D eigenvalue weighted by atomic mass is 31.2. The van der Waals surface area contributed by atoms with Crippen molar-refractivity contribution >= 4 is 25.7 Å². The Labute approximate surface area is 376 Å². The lowest BCUT2D eigenvalue weighted by atomic mass is 9.96. The van der Waals surface area contributed by atoms with Crippen molar-refractivity contribution in [2.45, 2.75) is 282 Å². The summed E-state index contributed by atoms with van der Waals surface area (Å²) in [6, 6.07) is -1.50. The van der Waals surface area contributed by atoms with E-state index in [-0.39, 0.29) is 25.2 Å². The van der Waals surface area contributed by atoms with Gasteiger partial charge in [0.1, 0.15) is 24.4 Å². The first-order valence-electron chi connectivity index (χ1n) is 25.3. The van der Waals surface area contributed by atoms with Gasteiger partial charge in [0.2, 0.25) is 5.91 Å². The number of carbonyl (C=O) groups excluding carboxylic acids is 3. The summed E-state index contributed by atoms with van der Waals surface area (Å²) in [6.07, 6.45) is 27.8. The van der Waals surface area contributed by atoms with Crippen LogP contribution in [-0.4, -0.2) is 81.2 Å². The third kappa shape index (κ3) is 31.3. The number of esters is 2. The summed E-state index contributed by atoms with van der Waals surface area (Å²) in [4.78, 5) is 59.4. The average Bonchev–Trinajstić information content (AvgIpc) is 3.22. The molecule has 1 rings (SSSR count). The van der Waals surface area contributed by atoms with E-state index in [9.17, 15) is 38.9 Å². The SMILES string of the molecule is CCCCCCCCCCCCCC(=O)OC(CCCCCCCCCCC)CC(=O)N[C@@H]1[C@@H](OC(=O)CCCCCCCCCCCCC)[C@H](OP(=O)(O)O)[C@@H](CO)O[C@H]1O. The number of aliphatic hydroxyl groups is 2. The number of hydrogen-bond donors (Lipinski definition) is 5. The van der Waals surface area contributed by atoms with Crippen LogP contribution in [0, 0.1) is 0 Å². The van der Waals surface area contributed by atoms with Crippen LogP contribution in [0.4, 0.5) is 0 Å². The second kappa shape index (κ2) is 38.6. The Hall–Kier alpha value is -1.60. The van der Waals surface area contributed by atoms with E-state index in [2.05, 4.69) is 26.1 Å². The molecule has 1 aliphatic rings.